The van der Waals surface area contributed by atoms with Crippen molar-refractivity contribution in [1.29, 1.82) is 0 Å². The number of ether oxygens (including phenoxy) is 8. The summed E-state index contributed by atoms with van der Waals surface area (Å²) in [6.07, 6.45) is 15.7. The van der Waals surface area contributed by atoms with Crippen molar-refractivity contribution in [2.24, 2.45) is 5.73 Å². The summed E-state index contributed by atoms with van der Waals surface area (Å²) in [5.74, 6) is -6.40. The molecule has 30 nitrogen and oxygen atoms in total. The predicted octanol–water partition coefficient (Wildman–Crippen LogP) is 0.625. The molecule has 0 aliphatic carbocycles. The van der Waals surface area contributed by atoms with E-state index in [1.807, 2.05) is 0 Å². The van der Waals surface area contributed by atoms with Crippen LogP contribution in [0.4, 0.5) is 0 Å². The number of carboxylic acids is 3. The second kappa shape index (κ2) is 60.0. The molecule has 0 aromatic heterocycles. The Morgan fingerprint density at radius 2 is 0.607 bits per heavy atom. The lowest BCUT2D eigenvalue weighted by atomic mass is 10.0. The van der Waals surface area contributed by atoms with E-state index < -0.39 is 53.8 Å². The van der Waals surface area contributed by atoms with E-state index in [2.05, 4.69) is 46.5 Å². The summed E-state index contributed by atoms with van der Waals surface area (Å²) in [7, 11) is 2.06. The Morgan fingerprint density at radius 3 is 0.944 bits per heavy atom. The van der Waals surface area contributed by atoms with Gasteiger partial charge in [-0.05, 0) is 44.9 Å². The fourth-order valence-electron chi connectivity index (χ4n) is 8.02. The number of rotatable bonds is 65. The maximum absolute atomic E-state index is 12.6. The molecule has 514 valence electrons. The first-order chi connectivity index (χ1) is 42.9. The Balaban J connectivity index is 3.76. The number of carbonyl (C=O) groups is 11. The predicted molar refractivity (Wildman–Crippen MR) is 327 cm³/mol. The minimum atomic E-state index is -1.41. The molecule has 12 N–H and O–H groups in total. The molecule has 31 heteroatoms. The van der Waals surface area contributed by atoms with E-state index in [0.29, 0.717) is 25.8 Å². The van der Waals surface area contributed by atoms with Crippen LogP contribution < -0.4 is 43.0 Å². The van der Waals surface area contributed by atoms with Crippen molar-refractivity contribution in [3.05, 3.63) is 0 Å². The minimum Gasteiger partial charge on any atom is -0.481 e. The van der Waals surface area contributed by atoms with Gasteiger partial charge in [0.1, 0.15) is 38.5 Å². The molecule has 0 spiro atoms. The average molecular weight is 1300 g/mol. The summed E-state index contributed by atoms with van der Waals surface area (Å²) in [5, 5.41) is 45.9. The minimum absolute atomic E-state index is 0.0906. The SMILES string of the molecule is N[C@@H](CCCCNC(=O)COCCOCCNC(=O)COCCOCCNC(=O)COCCOCCNC(=O)COCCOCCNC(=O)CC[C@H](NC(=O)CC[C@H](NC(=O)CCCCCCCCCCCCCCCCC(=O)O)C(=O)O)C(=O)O)C(=O)P. The molecule has 89 heavy (non-hydrogen) atoms. The monoisotopic (exact) mass is 1300 g/mol. The van der Waals surface area contributed by atoms with Gasteiger partial charge in [0, 0.05) is 58.4 Å². The molecule has 0 aromatic carbocycles. The zero-order valence-electron chi connectivity index (χ0n) is 52.1. The van der Waals surface area contributed by atoms with Gasteiger partial charge in [-0.1, -0.05) is 86.3 Å². The Hall–Kier alpha value is -5.56. The highest BCUT2D eigenvalue weighted by Gasteiger charge is 2.25. The summed E-state index contributed by atoms with van der Waals surface area (Å²) >= 11 is 0. The summed E-state index contributed by atoms with van der Waals surface area (Å²) in [6, 6.07) is -3.24. The van der Waals surface area contributed by atoms with E-state index in [1.165, 1.54) is 25.7 Å². The number of amides is 7. The first-order valence-corrected chi connectivity index (χ1v) is 31.7. The largest absolute Gasteiger partial charge is 0.481 e. The van der Waals surface area contributed by atoms with Gasteiger partial charge in [-0.25, -0.2) is 9.59 Å². The van der Waals surface area contributed by atoms with Crippen molar-refractivity contribution in [2.75, 3.05) is 138 Å². The maximum Gasteiger partial charge on any atom is 0.326 e. The van der Waals surface area contributed by atoms with Gasteiger partial charge < -0.3 is 96.2 Å². The lowest BCUT2D eigenvalue weighted by Crippen LogP contribution is -2.44. The third-order valence-electron chi connectivity index (χ3n) is 13.0. The molecule has 0 rings (SSSR count). The van der Waals surface area contributed by atoms with Crippen LogP contribution in [0, 0.1) is 0 Å². The summed E-state index contributed by atoms with van der Waals surface area (Å²) in [5.41, 5.74) is 5.52. The van der Waals surface area contributed by atoms with Crippen LogP contribution in [-0.4, -0.2) is 237 Å². The second-order valence-corrected chi connectivity index (χ2v) is 21.3. The Kier molecular flexibility index (Phi) is 56.3. The highest BCUT2D eigenvalue weighted by molar-refractivity contribution is 7.40. The maximum atomic E-state index is 12.6. The average Bonchev–Trinajstić information content (AvgIpc) is 3.67. The summed E-state index contributed by atoms with van der Waals surface area (Å²) in [6.45, 7) is 2.75. The molecule has 0 bridgehead atoms. The molecule has 0 fully saturated rings. The molecule has 0 radical (unpaired) electrons. The first kappa shape index (κ1) is 83.4. The molecular weight excluding hydrogens is 1190 g/mol. The quantitative estimate of drug-likeness (QED) is 0.0294. The molecule has 0 aliphatic rings. The molecular formula is C58H105N8O22P. The molecule has 0 saturated carbocycles. The van der Waals surface area contributed by atoms with E-state index in [4.69, 9.17) is 48.7 Å². The van der Waals surface area contributed by atoms with Crippen LogP contribution in [-0.2, 0) is 90.6 Å². The molecule has 0 heterocycles. The molecule has 7 amide bonds. The Labute approximate surface area is 525 Å². The Bertz CT molecular complexity index is 1960. The van der Waals surface area contributed by atoms with E-state index in [1.54, 1.807) is 0 Å². The van der Waals surface area contributed by atoms with Crippen LogP contribution in [0.2, 0.25) is 0 Å². The summed E-state index contributed by atoms with van der Waals surface area (Å²) < 4.78 is 42.6. The van der Waals surface area contributed by atoms with Gasteiger partial charge in [0.05, 0.1) is 85.3 Å². The van der Waals surface area contributed by atoms with Crippen LogP contribution in [0.25, 0.3) is 0 Å². The second-order valence-electron chi connectivity index (χ2n) is 20.8. The first-order valence-electron chi connectivity index (χ1n) is 31.2. The van der Waals surface area contributed by atoms with Crippen molar-refractivity contribution >= 4 is 74.0 Å². The molecule has 0 saturated heterocycles. The number of unbranched alkanes of at least 4 members (excludes halogenated alkanes) is 14. The molecule has 0 aromatic rings. The number of carboxylic acid groups (broad SMARTS) is 3. The van der Waals surface area contributed by atoms with Crippen molar-refractivity contribution in [3.63, 3.8) is 0 Å². The van der Waals surface area contributed by atoms with Crippen LogP contribution >= 0.6 is 9.24 Å². The van der Waals surface area contributed by atoms with Gasteiger partial charge in [-0.3, -0.25) is 43.2 Å². The third-order valence-corrected chi connectivity index (χ3v) is 13.4. The van der Waals surface area contributed by atoms with E-state index >= 15 is 0 Å². The normalized spacial score (nSPS) is 12.1. The Morgan fingerprint density at radius 1 is 0.315 bits per heavy atom. The van der Waals surface area contributed by atoms with Crippen LogP contribution in [0.5, 0.6) is 0 Å². The standard InChI is InChI=1S/C58H105N8O22P/c59-45(58(80)89)17-15-16-24-60-51(70)41-85-37-34-82-30-26-62-53(72)43-87-39-36-84-32-28-64-54(73)44-88-40-35-83-31-27-63-52(71)42-86-38-33-81-29-25-61-48(67)22-20-46(56(76)77)66-50(69)23-21-47(57(78)79)65-49(68)18-13-11-9-7-5-3-1-2-4-6-8-10-12-14-19-55(74)75/h45-47H,1-44,59,89H2,(H,60,70)(H,61,67)(H,62,72)(H,63,71)(H,64,73)(H,65,68)(H,66,69)(H,74,75)(H,76,77)(H,78,79)/t45-,46-,47-/m0/s1. The smallest absolute Gasteiger partial charge is 0.326 e. The van der Waals surface area contributed by atoms with Crippen molar-refractivity contribution < 1.29 is 106 Å². The zero-order valence-corrected chi connectivity index (χ0v) is 53.3. The van der Waals surface area contributed by atoms with Crippen molar-refractivity contribution in [1.82, 2.24) is 37.2 Å². The van der Waals surface area contributed by atoms with Gasteiger partial charge in [-0.2, -0.15) is 0 Å². The lowest BCUT2D eigenvalue weighted by Gasteiger charge is -2.17. The number of nitrogens with one attached hydrogen (secondary N) is 7. The molecule has 4 atom stereocenters. The van der Waals surface area contributed by atoms with E-state index in [0.717, 1.165) is 64.2 Å². The molecule has 1 unspecified atom stereocenters. The molecule has 0 aliphatic heterocycles. The van der Waals surface area contributed by atoms with E-state index in [9.17, 15) is 63.0 Å². The number of hydrogen-bond acceptors (Lipinski definition) is 20. The summed E-state index contributed by atoms with van der Waals surface area (Å²) in [4.78, 5) is 130. The number of aliphatic carboxylic acids is 3. The van der Waals surface area contributed by atoms with Crippen LogP contribution in [0.3, 0.4) is 0 Å². The van der Waals surface area contributed by atoms with Crippen LogP contribution in [0.15, 0.2) is 0 Å². The van der Waals surface area contributed by atoms with Gasteiger partial charge in [-0.15, -0.1) is 0 Å². The fourth-order valence-corrected chi connectivity index (χ4v) is 8.19. The van der Waals surface area contributed by atoms with E-state index in [-0.39, 0.29) is 200 Å². The van der Waals surface area contributed by atoms with Gasteiger partial charge in [0.15, 0.2) is 5.52 Å². The number of nitrogens with two attached hydrogens (primary N) is 1. The highest BCUT2D eigenvalue weighted by atomic mass is 31.0. The number of hydrogen-bond donors (Lipinski definition) is 11. The topological polar surface area (TPSA) is 433 Å². The number of carbonyl (C=O) groups excluding carboxylic acids is 8. The third kappa shape index (κ3) is 58.6. The van der Waals surface area contributed by atoms with Crippen molar-refractivity contribution in [2.45, 2.75) is 166 Å². The van der Waals surface area contributed by atoms with Crippen molar-refractivity contribution in [3.8, 4) is 0 Å². The fraction of sp³-hybridized carbons (Fsp3) is 0.810. The lowest BCUT2D eigenvalue weighted by molar-refractivity contribution is -0.143. The van der Waals surface area contributed by atoms with Crippen LogP contribution in [0.1, 0.15) is 148 Å². The highest BCUT2D eigenvalue weighted by Crippen LogP contribution is 2.14. The van der Waals surface area contributed by atoms with Gasteiger partial charge in [0.25, 0.3) is 0 Å². The van der Waals surface area contributed by atoms with Gasteiger partial charge >= 0.3 is 17.9 Å². The van der Waals surface area contributed by atoms with Gasteiger partial charge in [0.2, 0.25) is 41.4 Å². The zero-order chi connectivity index (χ0) is 65.8.